The second kappa shape index (κ2) is 8.95. The molecule has 1 N–H and O–H groups in total. The summed E-state index contributed by atoms with van der Waals surface area (Å²) in [5.74, 6) is -4.12. The number of halogens is 3. The van der Waals surface area contributed by atoms with Crippen LogP contribution in [0.5, 0.6) is 0 Å². The van der Waals surface area contributed by atoms with Gasteiger partial charge in [-0.05, 0) is 49.2 Å². The molecule has 186 valence electrons. The SMILES string of the molecule is Cc1ccc(S(=O)(=O)C[C@H]2[C@H](C)OC(=O)[C@]2(NC(C)c2cccc3ccccc23)C(F)(F)F)cc1. The van der Waals surface area contributed by atoms with E-state index in [0.717, 1.165) is 16.3 Å². The molecule has 3 aromatic carbocycles. The number of ether oxygens (including phenoxy) is 1. The fourth-order valence-corrected chi connectivity index (χ4v) is 6.54. The Bertz CT molecular complexity index is 1350. The maximum absolute atomic E-state index is 14.8. The second-order valence-corrected chi connectivity index (χ2v) is 11.1. The molecule has 0 saturated carbocycles. The van der Waals surface area contributed by atoms with E-state index >= 15 is 0 Å². The molecule has 9 heteroatoms. The summed E-state index contributed by atoms with van der Waals surface area (Å²) in [5, 5.41) is 4.06. The molecule has 1 saturated heterocycles. The lowest BCUT2D eigenvalue weighted by Crippen LogP contribution is -2.66. The third-order valence-corrected chi connectivity index (χ3v) is 8.49. The van der Waals surface area contributed by atoms with Crippen LogP contribution in [0.3, 0.4) is 0 Å². The zero-order valence-electron chi connectivity index (χ0n) is 19.5. The number of sulfone groups is 1. The van der Waals surface area contributed by atoms with Gasteiger partial charge in [0.15, 0.2) is 9.84 Å². The molecular formula is C26H26F3NO4S. The Morgan fingerprint density at radius 1 is 1.03 bits per heavy atom. The molecule has 4 atom stereocenters. The van der Waals surface area contributed by atoms with Gasteiger partial charge in [-0.15, -0.1) is 0 Å². The van der Waals surface area contributed by atoms with E-state index in [4.69, 9.17) is 4.74 Å². The number of hydrogen-bond donors (Lipinski definition) is 1. The van der Waals surface area contributed by atoms with Gasteiger partial charge in [0.25, 0.3) is 0 Å². The van der Waals surface area contributed by atoms with Crippen LogP contribution in [0.15, 0.2) is 71.6 Å². The summed E-state index contributed by atoms with van der Waals surface area (Å²) in [6.07, 6.45) is -6.38. The van der Waals surface area contributed by atoms with Crippen LogP contribution >= 0.6 is 0 Å². The van der Waals surface area contributed by atoms with Crippen molar-refractivity contribution in [3.63, 3.8) is 0 Å². The molecule has 1 aliphatic heterocycles. The number of esters is 1. The largest absolute Gasteiger partial charge is 0.461 e. The third kappa shape index (κ3) is 4.43. The van der Waals surface area contributed by atoms with Crippen molar-refractivity contribution in [3.8, 4) is 0 Å². The van der Waals surface area contributed by atoms with Crippen molar-refractivity contribution in [1.82, 2.24) is 5.32 Å². The van der Waals surface area contributed by atoms with Gasteiger partial charge in [-0.2, -0.15) is 13.2 Å². The van der Waals surface area contributed by atoms with Gasteiger partial charge in [0, 0.05) is 12.0 Å². The van der Waals surface area contributed by atoms with Crippen molar-refractivity contribution >= 4 is 26.6 Å². The standard InChI is InChI=1S/C26H26F3NO4S/c1-16-11-13-20(14-12-16)35(32,33)15-23-18(3)34-24(31)25(23,26(27,28)29)30-17(2)21-10-6-8-19-7-4-5-9-22(19)21/h4-14,17-18,23,30H,15H2,1-3H3/t17?,18-,23-,25-/m0/s1. The van der Waals surface area contributed by atoms with Gasteiger partial charge in [-0.25, -0.2) is 13.2 Å². The Balaban J connectivity index is 1.77. The Hall–Kier alpha value is -2.91. The van der Waals surface area contributed by atoms with Gasteiger partial charge in [0.1, 0.15) is 6.10 Å². The summed E-state index contributed by atoms with van der Waals surface area (Å²) in [7, 11) is -4.16. The fraction of sp³-hybridized carbons (Fsp3) is 0.346. The number of aryl methyl sites for hydroxylation is 1. The Labute approximate surface area is 202 Å². The minimum atomic E-state index is -5.11. The highest BCUT2D eigenvalue weighted by atomic mass is 32.2. The molecule has 0 spiro atoms. The van der Waals surface area contributed by atoms with E-state index < -0.39 is 51.3 Å². The number of fused-ring (bicyclic) bond motifs is 1. The molecule has 1 aliphatic rings. The lowest BCUT2D eigenvalue weighted by Gasteiger charge is -2.37. The molecule has 1 fully saturated rings. The van der Waals surface area contributed by atoms with E-state index in [0.29, 0.717) is 5.56 Å². The summed E-state index contributed by atoms with van der Waals surface area (Å²) in [6.45, 7) is 4.59. The number of carbonyl (C=O) groups excluding carboxylic acids is 1. The van der Waals surface area contributed by atoms with Crippen LogP contribution < -0.4 is 5.32 Å². The monoisotopic (exact) mass is 505 g/mol. The molecule has 0 aromatic heterocycles. The Morgan fingerprint density at radius 3 is 2.31 bits per heavy atom. The average molecular weight is 506 g/mol. The number of cyclic esters (lactones) is 1. The van der Waals surface area contributed by atoms with E-state index in [1.807, 2.05) is 18.2 Å². The summed E-state index contributed by atoms with van der Waals surface area (Å²) in [5.41, 5.74) is -1.83. The lowest BCUT2D eigenvalue weighted by atomic mass is 9.82. The normalized spacial score (nSPS) is 23.9. The summed E-state index contributed by atoms with van der Waals surface area (Å²) < 4.78 is 75.6. The van der Waals surface area contributed by atoms with E-state index in [1.54, 1.807) is 43.3 Å². The number of nitrogens with one attached hydrogen (secondary N) is 1. The first kappa shape index (κ1) is 25.2. The van der Waals surface area contributed by atoms with Crippen LogP contribution in [-0.4, -0.2) is 38.0 Å². The molecule has 0 amide bonds. The van der Waals surface area contributed by atoms with Crippen LogP contribution in [0, 0.1) is 12.8 Å². The smallest absolute Gasteiger partial charge is 0.417 e. The van der Waals surface area contributed by atoms with Gasteiger partial charge in [0.05, 0.1) is 10.6 Å². The van der Waals surface area contributed by atoms with E-state index in [1.165, 1.54) is 26.0 Å². The molecule has 0 radical (unpaired) electrons. The molecule has 0 bridgehead atoms. The molecule has 1 unspecified atom stereocenters. The first-order valence-electron chi connectivity index (χ1n) is 11.2. The average Bonchev–Trinajstić information content (AvgIpc) is 3.03. The number of rotatable bonds is 6. The zero-order valence-corrected chi connectivity index (χ0v) is 20.3. The quantitative estimate of drug-likeness (QED) is 0.470. The van der Waals surface area contributed by atoms with Crippen molar-refractivity contribution in [1.29, 1.82) is 0 Å². The van der Waals surface area contributed by atoms with Crippen molar-refractivity contribution < 1.29 is 31.1 Å². The van der Waals surface area contributed by atoms with Crippen LogP contribution in [0.2, 0.25) is 0 Å². The second-order valence-electron chi connectivity index (χ2n) is 9.05. The maximum atomic E-state index is 14.8. The molecule has 4 rings (SSSR count). The number of carbonyl (C=O) groups is 1. The van der Waals surface area contributed by atoms with Crippen LogP contribution in [0.4, 0.5) is 13.2 Å². The summed E-state index contributed by atoms with van der Waals surface area (Å²) >= 11 is 0. The van der Waals surface area contributed by atoms with Crippen LogP contribution in [-0.2, 0) is 19.4 Å². The minimum Gasteiger partial charge on any atom is -0.461 e. The molecule has 5 nitrogen and oxygen atoms in total. The van der Waals surface area contributed by atoms with Gasteiger partial charge < -0.3 is 4.74 Å². The van der Waals surface area contributed by atoms with Crippen LogP contribution in [0.25, 0.3) is 10.8 Å². The molecule has 3 aromatic rings. The highest BCUT2D eigenvalue weighted by molar-refractivity contribution is 7.91. The maximum Gasteiger partial charge on any atom is 0.417 e. The first-order valence-corrected chi connectivity index (χ1v) is 12.8. The predicted octanol–water partition coefficient (Wildman–Crippen LogP) is 5.14. The molecule has 1 heterocycles. The van der Waals surface area contributed by atoms with Crippen molar-refractivity contribution in [2.75, 3.05) is 5.75 Å². The number of alkyl halides is 3. The van der Waals surface area contributed by atoms with Gasteiger partial charge in [-0.3, -0.25) is 5.32 Å². The molecule has 0 aliphatic carbocycles. The number of benzene rings is 3. The zero-order chi connectivity index (χ0) is 25.6. The third-order valence-electron chi connectivity index (χ3n) is 6.70. The van der Waals surface area contributed by atoms with Crippen molar-refractivity contribution in [3.05, 3.63) is 77.9 Å². The van der Waals surface area contributed by atoms with Crippen LogP contribution in [0.1, 0.15) is 31.0 Å². The van der Waals surface area contributed by atoms with Crippen molar-refractivity contribution in [2.45, 2.75) is 49.5 Å². The highest BCUT2D eigenvalue weighted by Gasteiger charge is 2.72. The Morgan fingerprint density at radius 2 is 1.66 bits per heavy atom. The van der Waals surface area contributed by atoms with Gasteiger partial charge >= 0.3 is 12.1 Å². The highest BCUT2D eigenvalue weighted by Crippen LogP contribution is 2.47. The van der Waals surface area contributed by atoms with Crippen molar-refractivity contribution in [2.24, 2.45) is 5.92 Å². The lowest BCUT2D eigenvalue weighted by molar-refractivity contribution is -0.209. The topological polar surface area (TPSA) is 72.5 Å². The fourth-order valence-electron chi connectivity index (χ4n) is 4.81. The summed E-state index contributed by atoms with van der Waals surface area (Å²) in [4.78, 5) is 12.8. The Kier molecular flexibility index (Phi) is 6.44. The molecule has 35 heavy (non-hydrogen) atoms. The summed E-state index contributed by atoms with van der Waals surface area (Å²) in [6, 6.07) is 17.4. The number of hydrogen-bond acceptors (Lipinski definition) is 5. The minimum absolute atomic E-state index is 0.104. The van der Waals surface area contributed by atoms with E-state index in [-0.39, 0.29) is 4.90 Å². The van der Waals surface area contributed by atoms with E-state index in [2.05, 4.69) is 5.32 Å². The molecular weight excluding hydrogens is 479 g/mol. The van der Waals surface area contributed by atoms with Gasteiger partial charge in [0.2, 0.25) is 5.54 Å². The van der Waals surface area contributed by atoms with E-state index in [9.17, 15) is 26.4 Å². The first-order chi connectivity index (χ1) is 16.4. The van der Waals surface area contributed by atoms with Gasteiger partial charge in [-0.1, -0.05) is 60.2 Å². The predicted molar refractivity (Wildman–Crippen MR) is 127 cm³/mol.